The third-order valence-electron chi connectivity index (χ3n) is 8.10. The number of amides is 1. The Labute approximate surface area is 199 Å². The molecule has 1 N–H and O–H groups in total. The smallest absolute Gasteiger partial charge is 0.367 e. The fourth-order valence-electron chi connectivity index (χ4n) is 5.46. The second-order valence-electron chi connectivity index (χ2n) is 9.77. The molecular formula is C26H29ClN2O4. The average molecular weight is 469 g/mol. The van der Waals surface area contributed by atoms with Crippen molar-refractivity contribution < 1.29 is 19.2 Å². The Morgan fingerprint density at radius 2 is 1.82 bits per heavy atom. The van der Waals surface area contributed by atoms with E-state index in [4.69, 9.17) is 21.2 Å². The highest BCUT2D eigenvalue weighted by Crippen LogP contribution is 2.71. The van der Waals surface area contributed by atoms with E-state index in [2.05, 4.69) is 31.2 Å². The van der Waals surface area contributed by atoms with E-state index >= 15 is 0 Å². The molecule has 6 nitrogen and oxygen atoms in total. The van der Waals surface area contributed by atoms with Gasteiger partial charge in [0.05, 0.1) is 34.5 Å². The minimum Gasteiger partial charge on any atom is -0.495 e. The summed E-state index contributed by atoms with van der Waals surface area (Å²) in [6.45, 7) is 8.28. The van der Waals surface area contributed by atoms with Crippen LogP contribution in [0.5, 0.6) is 5.75 Å². The molecule has 2 aliphatic rings. The number of nitrogens with one attached hydrogen (secondary N) is 1. The molecule has 2 atom stereocenters. The number of benzene rings is 2. The monoisotopic (exact) mass is 468 g/mol. The summed E-state index contributed by atoms with van der Waals surface area (Å²) in [7, 11) is 1.59. The molecule has 2 bridgehead atoms. The lowest BCUT2D eigenvalue weighted by Gasteiger charge is -2.39. The number of oxime groups is 1. The van der Waals surface area contributed by atoms with Crippen LogP contribution in [0.25, 0.3) is 0 Å². The maximum atomic E-state index is 13.7. The minimum atomic E-state index is -0.674. The number of anilines is 1. The molecule has 2 saturated carbocycles. The van der Waals surface area contributed by atoms with Gasteiger partial charge in [0, 0.05) is 11.8 Å². The Morgan fingerprint density at radius 3 is 2.52 bits per heavy atom. The van der Waals surface area contributed by atoms with Crippen LogP contribution in [0.3, 0.4) is 0 Å². The van der Waals surface area contributed by atoms with E-state index in [-0.39, 0.29) is 16.9 Å². The number of methoxy groups -OCH3 is 1. The number of nitrogens with zero attached hydrogens (tertiary/aromatic N) is 1. The third-order valence-corrected chi connectivity index (χ3v) is 8.43. The lowest BCUT2D eigenvalue weighted by Crippen LogP contribution is -2.43. The van der Waals surface area contributed by atoms with Gasteiger partial charge in [-0.05, 0) is 55.0 Å². The van der Waals surface area contributed by atoms with Crippen molar-refractivity contribution >= 4 is 34.9 Å². The summed E-state index contributed by atoms with van der Waals surface area (Å²) in [5.74, 6) is -0.0625. The van der Waals surface area contributed by atoms with Crippen LogP contribution in [0, 0.1) is 23.2 Å². The van der Waals surface area contributed by atoms with Crippen molar-refractivity contribution in [2.24, 2.45) is 21.4 Å². The average Bonchev–Trinajstić information content (AvgIpc) is 3.08. The summed E-state index contributed by atoms with van der Waals surface area (Å²) in [6.07, 6.45) is 1.93. The number of ether oxygens (including phenoxy) is 1. The second kappa shape index (κ2) is 8.17. The van der Waals surface area contributed by atoms with Crippen LogP contribution in [0.1, 0.15) is 56.0 Å². The van der Waals surface area contributed by atoms with E-state index in [1.165, 1.54) is 0 Å². The summed E-state index contributed by atoms with van der Waals surface area (Å²) >= 11 is 6.11. The fourth-order valence-corrected chi connectivity index (χ4v) is 5.67. The number of carbonyl (C=O) groups is 2. The fraction of sp³-hybridized carbons (Fsp3) is 0.423. The first-order valence-electron chi connectivity index (χ1n) is 11.0. The highest BCUT2D eigenvalue weighted by Gasteiger charge is 2.71. The Morgan fingerprint density at radius 1 is 1.09 bits per heavy atom. The molecule has 0 saturated heterocycles. The summed E-state index contributed by atoms with van der Waals surface area (Å²) in [6, 6.07) is 12.4. The number of halogens is 1. The molecule has 1 amide bonds. The van der Waals surface area contributed by atoms with Crippen LogP contribution >= 0.6 is 11.6 Å². The van der Waals surface area contributed by atoms with Crippen LogP contribution in [0.2, 0.25) is 5.02 Å². The van der Waals surface area contributed by atoms with Gasteiger partial charge in [-0.2, -0.15) is 0 Å². The lowest BCUT2D eigenvalue weighted by atomic mass is 9.64. The van der Waals surface area contributed by atoms with Crippen LogP contribution in [-0.2, 0) is 9.63 Å². The highest BCUT2D eigenvalue weighted by molar-refractivity contribution is 6.33. The maximum Gasteiger partial charge on any atom is 0.367 e. The van der Waals surface area contributed by atoms with Crippen molar-refractivity contribution in [3.05, 3.63) is 58.6 Å². The van der Waals surface area contributed by atoms with Crippen molar-refractivity contribution in [2.45, 2.75) is 47.0 Å². The molecule has 2 aromatic rings. The molecule has 2 aliphatic carbocycles. The SMILES string of the molecule is COc1ccc(C)cc1NC(=O)C12CCC(C)(/C(=N\OC(=O)c3ccccc3Cl)C1)C2(C)C. The molecule has 174 valence electrons. The van der Waals surface area contributed by atoms with Crippen LogP contribution in [-0.4, -0.2) is 24.7 Å². The normalized spacial score (nSPS) is 26.3. The Balaban J connectivity index is 1.62. The molecule has 0 aromatic heterocycles. The molecule has 2 aromatic carbocycles. The number of carbonyl (C=O) groups excluding carboxylic acids is 2. The molecule has 4 rings (SSSR count). The molecule has 0 spiro atoms. The highest BCUT2D eigenvalue weighted by atomic mass is 35.5. The van der Waals surface area contributed by atoms with Gasteiger partial charge in [0.2, 0.25) is 5.91 Å². The third kappa shape index (κ3) is 3.52. The van der Waals surface area contributed by atoms with Crippen LogP contribution < -0.4 is 10.1 Å². The van der Waals surface area contributed by atoms with Gasteiger partial charge in [-0.1, -0.05) is 55.7 Å². The molecule has 0 radical (unpaired) electrons. The van der Waals surface area contributed by atoms with E-state index in [9.17, 15) is 9.59 Å². The first-order valence-corrected chi connectivity index (χ1v) is 11.4. The van der Waals surface area contributed by atoms with Gasteiger partial charge in [-0.15, -0.1) is 0 Å². The van der Waals surface area contributed by atoms with Gasteiger partial charge in [0.15, 0.2) is 0 Å². The lowest BCUT2D eigenvalue weighted by molar-refractivity contribution is -0.130. The largest absolute Gasteiger partial charge is 0.495 e. The number of fused-ring (bicyclic) bond motifs is 2. The molecule has 2 unspecified atom stereocenters. The Kier molecular flexibility index (Phi) is 5.77. The van der Waals surface area contributed by atoms with Crippen LogP contribution in [0.15, 0.2) is 47.6 Å². The van der Waals surface area contributed by atoms with Gasteiger partial charge in [0.25, 0.3) is 0 Å². The molecule has 0 heterocycles. The predicted octanol–water partition coefficient (Wildman–Crippen LogP) is 6.02. The van der Waals surface area contributed by atoms with Crippen molar-refractivity contribution in [2.75, 3.05) is 12.4 Å². The summed E-state index contributed by atoms with van der Waals surface area (Å²) < 4.78 is 5.44. The van der Waals surface area contributed by atoms with E-state index in [0.29, 0.717) is 22.9 Å². The zero-order chi connectivity index (χ0) is 24.0. The number of rotatable bonds is 5. The maximum absolute atomic E-state index is 13.7. The second-order valence-corrected chi connectivity index (χ2v) is 10.2. The Bertz CT molecular complexity index is 1160. The molecule has 7 heteroatoms. The van der Waals surface area contributed by atoms with Gasteiger partial charge in [0.1, 0.15) is 5.75 Å². The van der Waals surface area contributed by atoms with Crippen molar-refractivity contribution in [3.63, 3.8) is 0 Å². The number of aryl methyl sites for hydroxylation is 1. The standard InChI is InChI=1S/C26H29ClN2O4/c1-16-10-11-20(32-5)19(14-16)28-23(31)26-13-12-25(4,24(26,2)3)21(15-26)29-33-22(30)17-8-6-7-9-18(17)27/h6-11,14H,12-13,15H2,1-5H3,(H,28,31)/b29-21-. The number of hydrogen-bond donors (Lipinski definition) is 1. The van der Waals surface area contributed by atoms with Crippen molar-refractivity contribution in [1.29, 1.82) is 0 Å². The molecular weight excluding hydrogens is 440 g/mol. The summed E-state index contributed by atoms with van der Waals surface area (Å²) in [5, 5.41) is 7.70. The van der Waals surface area contributed by atoms with Gasteiger partial charge in [-0.25, -0.2) is 4.79 Å². The molecule has 33 heavy (non-hydrogen) atoms. The molecule has 0 aliphatic heterocycles. The minimum absolute atomic E-state index is 0.0669. The first-order chi connectivity index (χ1) is 15.6. The predicted molar refractivity (Wildman–Crippen MR) is 129 cm³/mol. The van der Waals surface area contributed by atoms with Gasteiger partial charge >= 0.3 is 5.97 Å². The van der Waals surface area contributed by atoms with Crippen molar-refractivity contribution in [3.8, 4) is 5.75 Å². The van der Waals surface area contributed by atoms with Gasteiger partial charge < -0.3 is 14.9 Å². The number of hydrogen-bond acceptors (Lipinski definition) is 5. The zero-order valence-electron chi connectivity index (χ0n) is 19.6. The quantitative estimate of drug-likeness (QED) is 0.429. The van der Waals surface area contributed by atoms with E-state index in [0.717, 1.165) is 24.1 Å². The topological polar surface area (TPSA) is 77.0 Å². The van der Waals surface area contributed by atoms with Gasteiger partial charge in [-0.3, -0.25) is 4.79 Å². The van der Waals surface area contributed by atoms with E-state index in [1.54, 1.807) is 31.4 Å². The first kappa shape index (κ1) is 23.3. The Hall–Kier alpha value is -2.86. The summed E-state index contributed by atoms with van der Waals surface area (Å²) in [4.78, 5) is 31.6. The van der Waals surface area contributed by atoms with E-state index in [1.807, 2.05) is 25.1 Å². The van der Waals surface area contributed by atoms with E-state index < -0.39 is 16.8 Å². The zero-order valence-corrected chi connectivity index (χ0v) is 20.4. The van der Waals surface area contributed by atoms with Crippen LogP contribution in [0.4, 0.5) is 5.69 Å². The van der Waals surface area contributed by atoms with Crippen molar-refractivity contribution in [1.82, 2.24) is 0 Å². The molecule has 2 fully saturated rings. The summed E-state index contributed by atoms with van der Waals surface area (Å²) in [5.41, 5.74) is 1.22.